The first-order chi connectivity index (χ1) is 14.9. The van der Waals surface area contributed by atoms with Crippen LogP contribution < -0.4 is 9.47 Å². The molecule has 2 aliphatic heterocycles. The summed E-state index contributed by atoms with van der Waals surface area (Å²) in [5, 5.41) is 6.85. The van der Waals surface area contributed by atoms with Crippen LogP contribution in [0.4, 0.5) is 0 Å². The van der Waals surface area contributed by atoms with Gasteiger partial charge in [-0.15, -0.1) is 0 Å². The highest BCUT2D eigenvalue weighted by Crippen LogP contribution is 2.32. The van der Waals surface area contributed by atoms with Crippen molar-refractivity contribution < 1.29 is 9.47 Å². The fraction of sp³-hybridized carbons (Fsp3) is 0.240. The molecule has 0 bridgehead atoms. The number of piperazine rings is 1. The molecular weight excluding hydrogens is 374 g/mol. The van der Waals surface area contributed by atoms with Crippen LogP contribution >= 0.6 is 0 Å². The van der Waals surface area contributed by atoms with E-state index in [1.807, 2.05) is 24.4 Å². The van der Waals surface area contributed by atoms with Crippen LogP contribution in [0.3, 0.4) is 0 Å². The first kappa shape index (κ1) is 18.7. The standard InChI is InChI=1S/C25H25N3O2/c1-3-7-21(8-4-1)25(22-9-5-2-6-10-22)27-13-15-28(16-14-27)26-18-20-11-12-23-24(17-20)30-19-29-23/h1-12,17-18,25H,13-16,19H2. The van der Waals surface area contributed by atoms with Crippen molar-refractivity contribution in [3.8, 4) is 11.5 Å². The predicted molar refractivity (Wildman–Crippen MR) is 118 cm³/mol. The minimum atomic E-state index is 0.271. The maximum Gasteiger partial charge on any atom is 0.231 e. The molecule has 30 heavy (non-hydrogen) atoms. The van der Waals surface area contributed by atoms with Gasteiger partial charge in [-0.05, 0) is 34.9 Å². The lowest BCUT2D eigenvalue weighted by Crippen LogP contribution is -2.45. The molecule has 0 aromatic heterocycles. The van der Waals surface area contributed by atoms with Gasteiger partial charge in [0.25, 0.3) is 0 Å². The smallest absolute Gasteiger partial charge is 0.231 e. The third-order valence-corrected chi connectivity index (χ3v) is 5.65. The largest absolute Gasteiger partial charge is 0.454 e. The second-order valence-electron chi connectivity index (χ2n) is 7.57. The Bertz CT molecular complexity index is 960. The van der Waals surface area contributed by atoms with Crippen LogP contribution in [0.2, 0.25) is 0 Å². The Hall–Kier alpha value is -3.31. The summed E-state index contributed by atoms with van der Waals surface area (Å²) in [6, 6.07) is 27.7. The van der Waals surface area contributed by atoms with Crippen molar-refractivity contribution in [3.05, 3.63) is 95.6 Å². The van der Waals surface area contributed by atoms with Gasteiger partial charge >= 0.3 is 0 Å². The molecule has 0 amide bonds. The maximum absolute atomic E-state index is 5.45. The normalized spacial score (nSPS) is 16.5. The number of hydrogen-bond donors (Lipinski definition) is 0. The number of benzene rings is 3. The van der Waals surface area contributed by atoms with Gasteiger partial charge in [-0.2, -0.15) is 5.10 Å². The second-order valence-corrected chi connectivity index (χ2v) is 7.57. The summed E-state index contributed by atoms with van der Waals surface area (Å²) in [7, 11) is 0. The average molecular weight is 399 g/mol. The molecule has 0 atom stereocenters. The molecule has 0 spiro atoms. The monoisotopic (exact) mass is 399 g/mol. The van der Waals surface area contributed by atoms with E-state index in [9.17, 15) is 0 Å². The molecule has 0 saturated carbocycles. The van der Waals surface area contributed by atoms with Crippen molar-refractivity contribution in [2.45, 2.75) is 6.04 Å². The fourth-order valence-corrected chi connectivity index (χ4v) is 4.11. The van der Waals surface area contributed by atoms with E-state index in [0.29, 0.717) is 6.79 Å². The van der Waals surface area contributed by atoms with Gasteiger partial charge < -0.3 is 9.47 Å². The number of hydrazone groups is 1. The molecule has 1 saturated heterocycles. The van der Waals surface area contributed by atoms with Gasteiger partial charge in [0.1, 0.15) is 0 Å². The van der Waals surface area contributed by atoms with Gasteiger partial charge in [-0.25, -0.2) is 0 Å². The zero-order valence-corrected chi connectivity index (χ0v) is 16.9. The molecule has 2 aliphatic rings. The molecule has 0 radical (unpaired) electrons. The number of fused-ring (bicyclic) bond motifs is 1. The van der Waals surface area contributed by atoms with E-state index in [-0.39, 0.29) is 6.04 Å². The predicted octanol–water partition coefficient (Wildman–Crippen LogP) is 4.16. The fourth-order valence-electron chi connectivity index (χ4n) is 4.11. The lowest BCUT2D eigenvalue weighted by atomic mass is 9.96. The molecule has 3 aromatic carbocycles. The Labute approximate surface area is 177 Å². The number of ether oxygens (including phenoxy) is 2. The van der Waals surface area contributed by atoms with Crippen LogP contribution in [0.5, 0.6) is 11.5 Å². The van der Waals surface area contributed by atoms with Gasteiger partial charge in [-0.3, -0.25) is 9.91 Å². The number of rotatable bonds is 5. The summed E-state index contributed by atoms with van der Waals surface area (Å²) >= 11 is 0. The quantitative estimate of drug-likeness (QED) is 0.604. The molecule has 0 unspecified atom stereocenters. The van der Waals surface area contributed by atoms with E-state index in [4.69, 9.17) is 14.6 Å². The summed E-state index contributed by atoms with van der Waals surface area (Å²) in [6.07, 6.45) is 1.91. The SMILES string of the molecule is C(=NN1CCN(C(c2ccccc2)c2ccccc2)CC1)c1ccc2c(c1)OCO2. The molecule has 152 valence electrons. The van der Waals surface area contributed by atoms with Crippen LogP contribution in [0.25, 0.3) is 0 Å². The highest BCUT2D eigenvalue weighted by Gasteiger charge is 2.25. The maximum atomic E-state index is 5.45. The average Bonchev–Trinajstić information content (AvgIpc) is 3.28. The van der Waals surface area contributed by atoms with Gasteiger partial charge in [0.2, 0.25) is 6.79 Å². The molecule has 5 heteroatoms. The van der Waals surface area contributed by atoms with E-state index in [1.54, 1.807) is 0 Å². The van der Waals surface area contributed by atoms with Crippen molar-refractivity contribution in [3.63, 3.8) is 0 Å². The number of hydrogen-bond acceptors (Lipinski definition) is 5. The van der Waals surface area contributed by atoms with Gasteiger partial charge in [-0.1, -0.05) is 60.7 Å². The van der Waals surface area contributed by atoms with E-state index in [2.05, 4.69) is 70.6 Å². The summed E-state index contributed by atoms with van der Waals surface area (Å²) in [5.74, 6) is 1.59. The van der Waals surface area contributed by atoms with Crippen LogP contribution in [0, 0.1) is 0 Å². The molecule has 3 aromatic rings. The van der Waals surface area contributed by atoms with E-state index >= 15 is 0 Å². The van der Waals surface area contributed by atoms with Crippen molar-refractivity contribution in [1.82, 2.24) is 9.91 Å². The van der Waals surface area contributed by atoms with Crippen LogP contribution in [0.15, 0.2) is 84.0 Å². The van der Waals surface area contributed by atoms with Crippen molar-refractivity contribution in [1.29, 1.82) is 0 Å². The summed E-state index contributed by atoms with van der Waals surface area (Å²) in [6.45, 7) is 4.02. The Balaban J connectivity index is 1.27. The Morgan fingerprint density at radius 1 is 0.733 bits per heavy atom. The minimum absolute atomic E-state index is 0.271. The van der Waals surface area contributed by atoms with Gasteiger partial charge in [0, 0.05) is 26.2 Å². The summed E-state index contributed by atoms with van der Waals surface area (Å²) < 4.78 is 10.8. The second kappa shape index (κ2) is 8.59. The van der Waals surface area contributed by atoms with Crippen LogP contribution in [0.1, 0.15) is 22.7 Å². The molecule has 2 heterocycles. The molecule has 0 N–H and O–H groups in total. The molecule has 1 fully saturated rings. The Morgan fingerprint density at radius 3 is 2.03 bits per heavy atom. The molecule has 5 nitrogen and oxygen atoms in total. The molecular formula is C25H25N3O2. The Morgan fingerprint density at radius 2 is 1.37 bits per heavy atom. The highest BCUT2D eigenvalue weighted by atomic mass is 16.7. The zero-order valence-electron chi connectivity index (χ0n) is 16.9. The lowest BCUT2D eigenvalue weighted by molar-refractivity contribution is 0.113. The minimum Gasteiger partial charge on any atom is -0.454 e. The van der Waals surface area contributed by atoms with Crippen molar-refractivity contribution >= 4 is 6.21 Å². The Kier molecular flexibility index (Phi) is 5.36. The topological polar surface area (TPSA) is 37.3 Å². The summed E-state index contributed by atoms with van der Waals surface area (Å²) in [4.78, 5) is 2.55. The van der Waals surface area contributed by atoms with E-state index in [1.165, 1.54) is 11.1 Å². The van der Waals surface area contributed by atoms with Gasteiger partial charge in [0.15, 0.2) is 11.5 Å². The lowest BCUT2D eigenvalue weighted by Gasteiger charge is -2.38. The van der Waals surface area contributed by atoms with Crippen molar-refractivity contribution in [2.24, 2.45) is 5.10 Å². The van der Waals surface area contributed by atoms with E-state index < -0.39 is 0 Å². The van der Waals surface area contributed by atoms with Crippen LogP contribution in [-0.4, -0.2) is 49.1 Å². The molecule has 0 aliphatic carbocycles. The summed E-state index contributed by atoms with van der Waals surface area (Å²) in [5.41, 5.74) is 3.69. The molecule has 5 rings (SSSR count). The van der Waals surface area contributed by atoms with Crippen LogP contribution in [-0.2, 0) is 0 Å². The first-order valence-electron chi connectivity index (χ1n) is 10.4. The number of nitrogens with zero attached hydrogens (tertiary/aromatic N) is 3. The first-order valence-corrected chi connectivity index (χ1v) is 10.4. The van der Waals surface area contributed by atoms with Gasteiger partial charge in [0.05, 0.1) is 12.3 Å². The third-order valence-electron chi connectivity index (χ3n) is 5.65. The highest BCUT2D eigenvalue weighted by molar-refractivity contribution is 5.80. The van der Waals surface area contributed by atoms with Crippen molar-refractivity contribution in [2.75, 3.05) is 33.0 Å². The third kappa shape index (κ3) is 4.02. The zero-order chi connectivity index (χ0) is 20.2. The van der Waals surface area contributed by atoms with E-state index in [0.717, 1.165) is 43.2 Å².